The molecule has 1 amide bonds. The molecule has 1 aromatic carbocycles. The second kappa shape index (κ2) is 7.31. The fourth-order valence-electron chi connectivity index (χ4n) is 2.78. The minimum absolute atomic E-state index is 0.115. The molecule has 2 rings (SSSR count). The van der Waals surface area contributed by atoms with E-state index >= 15 is 0 Å². The maximum Gasteiger partial charge on any atom is 0.241 e. The van der Waals surface area contributed by atoms with Crippen molar-refractivity contribution < 1.29 is 17.9 Å². The molecule has 1 aliphatic rings. The minimum Gasteiger partial charge on any atom is -0.497 e. The van der Waals surface area contributed by atoms with Crippen LogP contribution in [0.1, 0.15) is 33.1 Å². The van der Waals surface area contributed by atoms with E-state index in [9.17, 15) is 13.2 Å². The molecule has 1 aromatic rings. The third kappa shape index (κ3) is 4.23. The van der Waals surface area contributed by atoms with Crippen molar-refractivity contribution in [2.45, 2.75) is 50.1 Å². The van der Waals surface area contributed by atoms with Crippen molar-refractivity contribution >= 4 is 15.9 Å². The summed E-state index contributed by atoms with van der Waals surface area (Å²) in [7, 11) is -2.22. The summed E-state index contributed by atoms with van der Waals surface area (Å²) < 4.78 is 32.3. The Balaban J connectivity index is 2.07. The first-order valence-corrected chi connectivity index (χ1v) is 9.30. The van der Waals surface area contributed by atoms with Crippen LogP contribution in [0.25, 0.3) is 0 Å². The molecule has 0 aliphatic carbocycles. The lowest BCUT2D eigenvalue weighted by Crippen LogP contribution is -2.51. The monoisotopic (exact) mass is 340 g/mol. The van der Waals surface area contributed by atoms with Crippen molar-refractivity contribution in [3.8, 4) is 5.75 Å². The number of nitrogens with zero attached hydrogens (tertiary/aromatic N) is 1. The number of carbonyl (C=O) groups is 1. The summed E-state index contributed by atoms with van der Waals surface area (Å²) in [5.41, 5.74) is 0. The van der Waals surface area contributed by atoms with Crippen LogP contribution in [0.4, 0.5) is 0 Å². The molecule has 1 aliphatic heterocycles. The quantitative estimate of drug-likeness (QED) is 0.886. The highest BCUT2D eigenvalue weighted by molar-refractivity contribution is 7.89. The first-order chi connectivity index (χ1) is 10.8. The number of ether oxygens (including phenoxy) is 1. The summed E-state index contributed by atoms with van der Waals surface area (Å²) in [6, 6.07) is 5.44. The minimum atomic E-state index is -3.74. The number of likely N-dealkylation sites (tertiary alicyclic amines) is 1. The third-order valence-corrected chi connectivity index (χ3v) is 5.71. The van der Waals surface area contributed by atoms with Crippen LogP contribution in [0.15, 0.2) is 29.2 Å². The molecule has 1 N–H and O–H groups in total. The highest BCUT2D eigenvalue weighted by Gasteiger charge is 2.29. The number of piperidine rings is 1. The summed E-state index contributed by atoms with van der Waals surface area (Å²) in [6.45, 7) is 4.28. The van der Waals surface area contributed by atoms with E-state index in [-0.39, 0.29) is 16.8 Å². The van der Waals surface area contributed by atoms with Gasteiger partial charge in [-0.3, -0.25) is 4.79 Å². The zero-order chi connectivity index (χ0) is 17.0. The van der Waals surface area contributed by atoms with E-state index in [1.807, 2.05) is 6.92 Å². The Morgan fingerprint density at radius 2 is 1.96 bits per heavy atom. The first kappa shape index (κ1) is 17.7. The van der Waals surface area contributed by atoms with Gasteiger partial charge in [0, 0.05) is 12.6 Å². The first-order valence-electron chi connectivity index (χ1n) is 7.82. The fraction of sp³-hybridized carbons (Fsp3) is 0.562. The molecule has 0 spiro atoms. The van der Waals surface area contributed by atoms with Crippen molar-refractivity contribution in [1.82, 2.24) is 9.62 Å². The Morgan fingerprint density at radius 3 is 2.52 bits per heavy atom. The van der Waals surface area contributed by atoms with Crippen LogP contribution in [0, 0.1) is 0 Å². The van der Waals surface area contributed by atoms with Crippen molar-refractivity contribution in [3.63, 3.8) is 0 Å². The number of amides is 1. The van der Waals surface area contributed by atoms with E-state index in [2.05, 4.69) is 4.72 Å². The van der Waals surface area contributed by atoms with Crippen LogP contribution < -0.4 is 9.46 Å². The van der Waals surface area contributed by atoms with Gasteiger partial charge in [0.15, 0.2) is 0 Å². The van der Waals surface area contributed by atoms with Gasteiger partial charge in [-0.15, -0.1) is 0 Å². The molecule has 0 saturated carbocycles. The van der Waals surface area contributed by atoms with Gasteiger partial charge in [-0.05, 0) is 57.4 Å². The van der Waals surface area contributed by atoms with Gasteiger partial charge in [0.1, 0.15) is 5.75 Å². The SMILES string of the molecule is COc1ccc(S(=O)(=O)N[C@@H](C)C(=O)N2CCCC[C@@H]2C)cc1. The molecule has 0 bridgehead atoms. The average molecular weight is 340 g/mol. The molecule has 2 atom stereocenters. The van der Waals surface area contributed by atoms with Crippen LogP contribution in [-0.2, 0) is 14.8 Å². The zero-order valence-electron chi connectivity index (χ0n) is 13.8. The smallest absolute Gasteiger partial charge is 0.241 e. The standard InChI is InChI=1S/C16H24N2O4S/c1-12-6-4-5-11-18(12)16(19)13(2)17-23(20,21)15-9-7-14(22-3)8-10-15/h7-10,12-13,17H,4-6,11H2,1-3H3/t12-,13-/m0/s1. The van der Waals surface area contributed by atoms with Crippen LogP contribution in [-0.4, -0.2) is 45.0 Å². The summed E-state index contributed by atoms with van der Waals surface area (Å²) in [5.74, 6) is 0.407. The third-order valence-electron chi connectivity index (χ3n) is 4.16. The molecule has 1 fully saturated rings. The molecule has 0 radical (unpaired) electrons. The summed E-state index contributed by atoms with van der Waals surface area (Å²) >= 11 is 0. The van der Waals surface area contributed by atoms with Crippen molar-refractivity contribution in [2.75, 3.05) is 13.7 Å². The molecule has 0 unspecified atom stereocenters. The van der Waals surface area contributed by atoms with Crippen molar-refractivity contribution in [3.05, 3.63) is 24.3 Å². The normalized spacial score (nSPS) is 20.1. The molecule has 1 heterocycles. The van der Waals surface area contributed by atoms with E-state index in [1.165, 1.54) is 19.2 Å². The van der Waals surface area contributed by atoms with E-state index in [4.69, 9.17) is 4.74 Å². The molecule has 6 nitrogen and oxygen atoms in total. The highest BCUT2D eigenvalue weighted by atomic mass is 32.2. The molecule has 7 heteroatoms. The van der Waals surface area contributed by atoms with Gasteiger partial charge in [0.05, 0.1) is 18.0 Å². The van der Waals surface area contributed by atoms with E-state index < -0.39 is 16.1 Å². The van der Waals surface area contributed by atoms with Gasteiger partial charge < -0.3 is 9.64 Å². The van der Waals surface area contributed by atoms with Gasteiger partial charge in [0.25, 0.3) is 0 Å². The van der Waals surface area contributed by atoms with Crippen molar-refractivity contribution in [1.29, 1.82) is 0 Å². The maximum atomic E-state index is 12.5. The zero-order valence-corrected chi connectivity index (χ0v) is 14.6. The lowest BCUT2D eigenvalue weighted by Gasteiger charge is -2.35. The van der Waals surface area contributed by atoms with E-state index in [1.54, 1.807) is 24.0 Å². The molecular weight excluding hydrogens is 316 g/mol. The predicted octanol–water partition coefficient (Wildman–Crippen LogP) is 1.76. The number of benzene rings is 1. The lowest BCUT2D eigenvalue weighted by atomic mass is 10.0. The van der Waals surface area contributed by atoms with Crippen LogP contribution in [0.5, 0.6) is 5.75 Å². The number of sulfonamides is 1. The number of methoxy groups -OCH3 is 1. The van der Waals surface area contributed by atoms with Gasteiger partial charge in [-0.25, -0.2) is 8.42 Å². The second-order valence-corrected chi connectivity index (χ2v) is 7.61. The predicted molar refractivity (Wildman–Crippen MR) is 87.8 cm³/mol. The number of rotatable bonds is 5. The topological polar surface area (TPSA) is 75.7 Å². The number of hydrogen-bond donors (Lipinski definition) is 1. The molecule has 128 valence electrons. The Bertz CT molecular complexity index is 643. The molecule has 1 saturated heterocycles. The highest BCUT2D eigenvalue weighted by Crippen LogP contribution is 2.19. The van der Waals surface area contributed by atoms with Crippen LogP contribution >= 0.6 is 0 Å². The Kier molecular flexibility index (Phi) is 5.64. The van der Waals surface area contributed by atoms with Gasteiger partial charge >= 0.3 is 0 Å². The van der Waals surface area contributed by atoms with Crippen LogP contribution in [0.2, 0.25) is 0 Å². The molecular formula is C16H24N2O4S. The lowest BCUT2D eigenvalue weighted by molar-refractivity contribution is -0.135. The fourth-order valence-corrected chi connectivity index (χ4v) is 3.98. The average Bonchev–Trinajstić information content (AvgIpc) is 2.54. The van der Waals surface area contributed by atoms with Crippen LogP contribution in [0.3, 0.4) is 0 Å². The number of carbonyl (C=O) groups excluding carboxylic acids is 1. The van der Waals surface area contributed by atoms with Gasteiger partial charge in [-0.2, -0.15) is 4.72 Å². The molecule has 0 aromatic heterocycles. The maximum absolute atomic E-state index is 12.5. The summed E-state index contributed by atoms with van der Waals surface area (Å²) in [5, 5.41) is 0. The van der Waals surface area contributed by atoms with Crippen molar-refractivity contribution in [2.24, 2.45) is 0 Å². The largest absolute Gasteiger partial charge is 0.497 e. The van der Waals surface area contributed by atoms with E-state index in [0.29, 0.717) is 12.3 Å². The van der Waals surface area contributed by atoms with Gasteiger partial charge in [-0.1, -0.05) is 0 Å². The summed E-state index contributed by atoms with van der Waals surface area (Å²) in [6.07, 6.45) is 3.04. The summed E-state index contributed by atoms with van der Waals surface area (Å²) in [4.78, 5) is 14.4. The Morgan fingerprint density at radius 1 is 1.30 bits per heavy atom. The number of nitrogens with one attached hydrogen (secondary N) is 1. The second-order valence-electron chi connectivity index (χ2n) is 5.89. The van der Waals surface area contributed by atoms with E-state index in [0.717, 1.165) is 19.3 Å². The Hall–Kier alpha value is -1.60. The Labute approximate surface area is 137 Å². The molecule has 23 heavy (non-hydrogen) atoms. The number of hydrogen-bond acceptors (Lipinski definition) is 4. The van der Waals surface area contributed by atoms with Gasteiger partial charge in [0.2, 0.25) is 15.9 Å².